The van der Waals surface area contributed by atoms with E-state index in [1.807, 2.05) is 4.90 Å². The summed E-state index contributed by atoms with van der Waals surface area (Å²) < 4.78 is 20.0. The summed E-state index contributed by atoms with van der Waals surface area (Å²) in [4.78, 5) is 24.7. The molecule has 1 fully saturated rings. The summed E-state index contributed by atoms with van der Waals surface area (Å²) in [7, 11) is 2.63. The highest BCUT2D eigenvalue weighted by molar-refractivity contribution is 5.86. The molecule has 1 unspecified atom stereocenters. The van der Waals surface area contributed by atoms with Crippen LogP contribution in [-0.2, 0) is 25.5 Å². The Morgan fingerprint density at radius 1 is 1.35 bits per heavy atom. The molecule has 1 aromatic rings. The van der Waals surface area contributed by atoms with Crippen LogP contribution in [0.15, 0.2) is 16.5 Å². The van der Waals surface area contributed by atoms with Gasteiger partial charge in [-0.25, -0.2) is 9.59 Å². The van der Waals surface area contributed by atoms with E-state index in [9.17, 15) is 9.59 Å². The number of furan rings is 1. The summed E-state index contributed by atoms with van der Waals surface area (Å²) >= 11 is 0. The molecule has 0 amide bonds. The van der Waals surface area contributed by atoms with Crippen LogP contribution in [0.2, 0.25) is 0 Å². The SMILES string of the molecule is COC(=O)c1ccc(CN2CCOC(C(=O)OC)C2)o1. The molecule has 1 atom stereocenters. The fourth-order valence-electron chi connectivity index (χ4n) is 2.01. The van der Waals surface area contributed by atoms with Crippen LogP contribution >= 0.6 is 0 Å². The van der Waals surface area contributed by atoms with Crippen molar-refractivity contribution in [2.75, 3.05) is 33.9 Å². The highest BCUT2D eigenvalue weighted by Gasteiger charge is 2.27. The molecule has 0 radical (unpaired) electrons. The van der Waals surface area contributed by atoms with E-state index in [1.54, 1.807) is 12.1 Å². The van der Waals surface area contributed by atoms with Gasteiger partial charge in [-0.1, -0.05) is 0 Å². The van der Waals surface area contributed by atoms with E-state index >= 15 is 0 Å². The van der Waals surface area contributed by atoms with Gasteiger partial charge in [0.1, 0.15) is 5.76 Å². The molecule has 0 aliphatic carbocycles. The minimum Gasteiger partial charge on any atom is -0.467 e. The number of morpholine rings is 1. The number of ether oxygens (including phenoxy) is 3. The lowest BCUT2D eigenvalue weighted by molar-refractivity contribution is -0.160. The Morgan fingerprint density at radius 3 is 2.85 bits per heavy atom. The molecule has 0 spiro atoms. The lowest BCUT2D eigenvalue weighted by atomic mass is 10.2. The largest absolute Gasteiger partial charge is 0.467 e. The van der Waals surface area contributed by atoms with Gasteiger partial charge in [-0.05, 0) is 12.1 Å². The molecular weight excluding hydrogens is 266 g/mol. The van der Waals surface area contributed by atoms with Crippen LogP contribution in [0.5, 0.6) is 0 Å². The Morgan fingerprint density at radius 2 is 2.15 bits per heavy atom. The van der Waals surface area contributed by atoms with Gasteiger partial charge < -0.3 is 18.6 Å². The zero-order chi connectivity index (χ0) is 14.5. The summed E-state index contributed by atoms with van der Waals surface area (Å²) in [6.45, 7) is 2.06. The van der Waals surface area contributed by atoms with Gasteiger partial charge in [-0.2, -0.15) is 0 Å². The second-order valence-corrected chi connectivity index (χ2v) is 4.38. The molecule has 1 aliphatic rings. The van der Waals surface area contributed by atoms with Crippen molar-refractivity contribution in [3.05, 3.63) is 23.7 Å². The highest BCUT2D eigenvalue weighted by atomic mass is 16.6. The van der Waals surface area contributed by atoms with Crippen molar-refractivity contribution < 1.29 is 28.2 Å². The van der Waals surface area contributed by atoms with E-state index < -0.39 is 12.1 Å². The third kappa shape index (κ3) is 3.37. The first-order valence-electron chi connectivity index (χ1n) is 6.23. The van der Waals surface area contributed by atoms with Crippen LogP contribution in [0.1, 0.15) is 16.3 Å². The first kappa shape index (κ1) is 14.5. The number of rotatable bonds is 4. The molecule has 1 aliphatic heterocycles. The van der Waals surface area contributed by atoms with Crippen molar-refractivity contribution in [1.82, 2.24) is 4.90 Å². The molecule has 20 heavy (non-hydrogen) atoms. The number of carbonyl (C=O) groups excluding carboxylic acids is 2. The van der Waals surface area contributed by atoms with Gasteiger partial charge in [0.05, 0.1) is 27.4 Å². The maximum Gasteiger partial charge on any atom is 0.373 e. The molecule has 0 saturated carbocycles. The second-order valence-electron chi connectivity index (χ2n) is 4.38. The summed E-state index contributed by atoms with van der Waals surface area (Å²) in [5, 5.41) is 0. The Labute approximate surface area is 116 Å². The van der Waals surface area contributed by atoms with Crippen LogP contribution in [-0.4, -0.2) is 56.9 Å². The summed E-state index contributed by atoms with van der Waals surface area (Å²) in [5.74, 6) is -0.0914. The predicted octanol–water partition coefficient (Wildman–Crippen LogP) is 0.440. The zero-order valence-corrected chi connectivity index (χ0v) is 11.5. The number of hydrogen-bond acceptors (Lipinski definition) is 7. The van der Waals surface area contributed by atoms with E-state index in [0.29, 0.717) is 32.0 Å². The van der Waals surface area contributed by atoms with Gasteiger partial charge in [-0.15, -0.1) is 0 Å². The smallest absolute Gasteiger partial charge is 0.373 e. The fourth-order valence-corrected chi connectivity index (χ4v) is 2.01. The Bertz CT molecular complexity index is 483. The number of hydrogen-bond donors (Lipinski definition) is 0. The molecule has 0 bridgehead atoms. The summed E-state index contributed by atoms with van der Waals surface area (Å²) in [6, 6.07) is 3.29. The fraction of sp³-hybridized carbons (Fsp3) is 0.538. The van der Waals surface area contributed by atoms with Gasteiger partial charge in [0.2, 0.25) is 5.76 Å². The first-order valence-corrected chi connectivity index (χ1v) is 6.23. The summed E-state index contributed by atoms with van der Waals surface area (Å²) in [5.41, 5.74) is 0. The van der Waals surface area contributed by atoms with Gasteiger partial charge in [-0.3, -0.25) is 4.90 Å². The van der Waals surface area contributed by atoms with Crippen molar-refractivity contribution in [3.8, 4) is 0 Å². The van der Waals surface area contributed by atoms with Crippen LogP contribution < -0.4 is 0 Å². The first-order chi connectivity index (χ1) is 9.63. The van der Waals surface area contributed by atoms with Gasteiger partial charge in [0, 0.05) is 13.1 Å². The predicted molar refractivity (Wildman–Crippen MR) is 67.1 cm³/mol. The molecular formula is C13H17NO6. The molecule has 110 valence electrons. The number of esters is 2. The Hall–Kier alpha value is -1.86. The van der Waals surface area contributed by atoms with Crippen molar-refractivity contribution in [3.63, 3.8) is 0 Å². The lowest BCUT2D eigenvalue weighted by Gasteiger charge is -2.30. The highest BCUT2D eigenvalue weighted by Crippen LogP contribution is 2.14. The van der Waals surface area contributed by atoms with Crippen LogP contribution in [0.25, 0.3) is 0 Å². The Balaban J connectivity index is 1.94. The minimum absolute atomic E-state index is 0.167. The summed E-state index contributed by atoms with van der Waals surface area (Å²) in [6.07, 6.45) is -0.580. The quantitative estimate of drug-likeness (QED) is 0.742. The van der Waals surface area contributed by atoms with E-state index in [2.05, 4.69) is 9.47 Å². The second kappa shape index (κ2) is 6.53. The molecule has 1 saturated heterocycles. The normalized spacial score (nSPS) is 19.6. The topological polar surface area (TPSA) is 78.2 Å². The molecule has 7 nitrogen and oxygen atoms in total. The third-order valence-corrected chi connectivity index (χ3v) is 3.04. The van der Waals surface area contributed by atoms with Gasteiger partial charge in [0.25, 0.3) is 0 Å². The van der Waals surface area contributed by atoms with Crippen molar-refractivity contribution in [2.24, 2.45) is 0 Å². The van der Waals surface area contributed by atoms with Crippen molar-refractivity contribution in [1.29, 1.82) is 0 Å². The van der Waals surface area contributed by atoms with Crippen LogP contribution in [0.3, 0.4) is 0 Å². The Kier molecular flexibility index (Phi) is 4.75. The van der Waals surface area contributed by atoms with Crippen LogP contribution in [0.4, 0.5) is 0 Å². The number of methoxy groups -OCH3 is 2. The standard InChI is InChI=1S/C13H17NO6/c1-17-12(15)10-4-3-9(20-10)7-14-5-6-19-11(8-14)13(16)18-2/h3-4,11H,5-8H2,1-2H3. The van der Waals surface area contributed by atoms with E-state index in [4.69, 9.17) is 9.15 Å². The van der Waals surface area contributed by atoms with E-state index in [0.717, 1.165) is 0 Å². The van der Waals surface area contributed by atoms with E-state index in [1.165, 1.54) is 14.2 Å². The third-order valence-electron chi connectivity index (χ3n) is 3.04. The van der Waals surface area contributed by atoms with Gasteiger partial charge >= 0.3 is 11.9 Å². The molecule has 0 aromatic carbocycles. The molecule has 2 heterocycles. The maximum absolute atomic E-state index is 11.4. The number of carbonyl (C=O) groups is 2. The van der Waals surface area contributed by atoms with Gasteiger partial charge in [0.15, 0.2) is 6.10 Å². The van der Waals surface area contributed by atoms with E-state index in [-0.39, 0.29) is 11.7 Å². The van der Waals surface area contributed by atoms with Crippen LogP contribution in [0, 0.1) is 0 Å². The van der Waals surface area contributed by atoms with Crippen molar-refractivity contribution in [2.45, 2.75) is 12.6 Å². The molecule has 2 rings (SSSR count). The average molecular weight is 283 g/mol. The monoisotopic (exact) mass is 283 g/mol. The number of nitrogens with zero attached hydrogens (tertiary/aromatic N) is 1. The average Bonchev–Trinajstić information content (AvgIpc) is 2.94. The molecule has 7 heteroatoms. The lowest BCUT2D eigenvalue weighted by Crippen LogP contribution is -2.45. The zero-order valence-electron chi connectivity index (χ0n) is 11.5. The minimum atomic E-state index is -0.580. The maximum atomic E-state index is 11.4. The molecule has 1 aromatic heterocycles. The van der Waals surface area contributed by atoms with Crippen molar-refractivity contribution >= 4 is 11.9 Å². The molecule has 0 N–H and O–H groups in total.